The number of nitrogen functional groups attached to an aromatic ring is 1. The van der Waals surface area contributed by atoms with Gasteiger partial charge < -0.3 is 11.1 Å². The number of nitrogens with two attached hydrogens (primary N) is 1. The van der Waals surface area contributed by atoms with Crippen LogP contribution in [-0.4, -0.2) is 24.0 Å². The first kappa shape index (κ1) is 18.9. The minimum absolute atomic E-state index is 0.324. The standard InChI is InChI=1S/C23H33N3/c1-17(2)23(21-9-4-5-10-22(21)24)25-20-11-13-26(14-12-20)16-19-8-6-7-18(3)15-19/h4-10,15,17,20,23,25H,11-14,16,24H2,1-3H3. The van der Waals surface area contributed by atoms with Gasteiger partial charge in [-0.25, -0.2) is 0 Å². The maximum Gasteiger partial charge on any atom is 0.0366 e. The predicted octanol–water partition coefficient (Wildman–Crippen LogP) is 4.53. The molecule has 2 aromatic rings. The van der Waals surface area contributed by atoms with E-state index in [1.54, 1.807) is 0 Å². The van der Waals surface area contributed by atoms with Crippen LogP contribution in [0.15, 0.2) is 48.5 Å². The molecule has 1 heterocycles. The number of rotatable bonds is 6. The van der Waals surface area contributed by atoms with Crippen LogP contribution in [0.25, 0.3) is 0 Å². The lowest BCUT2D eigenvalue weighted by atomic mass is 9.92. The fourth-order valence-electron chi connectivity index (χ4n) is 4.02. The summed E-state index contributed by atoms with van der Waals surface area (Å²) in [6, 6.07) is 18.0. The van der Waals surface area contributed by atoms with Crippen molar-refractivity contribution in [3.05, 3.63) is 65.2 Å². The zero-order valence-electron chi connectivity index (χ0n) is 16.4. The van der Waals surface area contributed by atoms with E-state index < -0.39 is 0 Å². The van der Waals surface area contributed by atoms with Crippen LogP contribution in [0.5, 0.6) is 0 Å². The molecular formula is C23H33N3. The van der Waals surface area contributed by atoms with Crippen LogP contribution in [-0.2, 0) is 6.54 Å². The van der Waals surface area contributed by atoms with Gasteiger partial charge in [-0.15, -0.1) is 0 Å². The smallest absolute Gasteiger partial charge is 0.0366 e. The number of likely N-dealkylation sites (tertiary alicyclic amines) is 1. The summed E-state index contributed by atoms with van der Waals surface area (Å²) in [5.41, 5.74) is 11.1. The molecule has 0 aromatic heterocycles. The number of anilines is 1. The van der Waals surface area contributed by atoms with Gasteiger partial charge in [0.1, 0.15) is 0 Å². The molecule has 3 N–H and O–H groups in total. The Hall–Kier alpha value is -1.84. The van der Waals surface area contributed by atoms with Crippen LogP contribution in [0.1, 0.15) is 49.4 Å². The first-order chi connectivity index (χ1) is 12.5. The summed E-state index contributed by atoms with van der Waals surface area (Å²) in [6.07, 6.45) is 2.39. The van der Waals surface area contributed by atoms with E-state index in [1.807, 2.05) is 12.1 Å². The molecule has 3 heteroatoms. The van der Waals surface area contributed by atoms with Crippen LogP contribution in [0.2, 0.25) is 0 Å². The molecule has 1 fully saturated rings. The quantitative estimate of drug-likeness (QED) is 0.751. The van der Waals surface area contributed by atoms with Crippen molar-refractivity contribution in [1.29, 1.82) is 0 Å². The molecule has 26 heavy (non-hydrogen) atoms. The molecule has 0 saturated carbocycles. The second-order valence-electron chi connectivity index (χ2n) is 8.06. The van der Waals surface area contributed by atoms with E-state index in [0.717, 1.165) is 25.3 Å². The second kappa shape index (κ2) is 8.70. The zero-order chi connectivity index (χ0) is 18.5. The Morgan fingerprint density at radius 1 is 1.08 bits per heavy atom. The Morgan fingerprint density at radius 2 is 1.81 bits per heavy atom. The summed E-state index contributed by atoms with van der Waals surface area (Å²) in [5.74, 6) is 0.519. The summed E-state index contributed by atoms with van der Waals surface area (Å²) in [7, 11) is 0. The van der Waals surface area contributed by atoms with Crippen LogP contribution in [0.3, 0.4) is 0 Å². The van der Waals surface area contributed by atoms with Crippen LogP contribution < -0.4 is 11.1 Å². The molecular weight excluding hydrogens is 318 g/mol. The van der Waals surface area contributed by atoms with Crippen LogP contribution in [0, 0.1) is 12.8 Å². The van der Waals surface area contributed by atoms with E-state index in [9.17, 15) is 0 Å². The first-order valence-electron chi connectivity index (χ1n) is 9.91. The Labute approximate surface area is 158 Å². The average molecular weight is 352 g/mol. The van der Waals surface area contributed by atoms with Gasteiger partial charge in [-0.3, -0.25) is 4.90 Å². The lowest BCUT2D eigenvalue weighted by Crippen LogP contribution is -2.44. The van der Waals surface area contributed by atoms with E-state index in [2.05, 4.69) is 67.4 Å². The molecule has 0 radical (unpaired) electrons. The molecule has 1 aliphatic rings. The molecule has 1 saturated heterocycles. The average Bonchev–Trinajstić information content (AvgIpc) is 2.62. The zero-order valence-corrected chi connectivity index (χ0v) is 16.4. The molecule has 1 atom stereocenters. The molecule has 2 aromatic carbocycles. The van der Waals surface area contributed by atoms with E-state index >= 15 is 0 Å². The van der Waals surface area contributed by atoms with Crippen molar-refractivity contribution in [1.82, 2.24) is 10.2 Å². The Kier molecular flexibility index (Phi) is 6.33. The lowest BCUT2D eigenvalue weighted by molar-refractivity contribution is 0.178. The van der Waals surface area contributed by atoms with Gasteiger partial charge in [-0.2, -0.15) is 0 Å². The van der Waals surface area contributed by atoms with Crippen molar-refractivity contribution in [2.24, 2.45) is 5.92 Å². The minimum Gasteiger partial charge on any atom is -0.398 e. The van der Waals surface area contributed by atoms with E-state index in [1.165, 1.54) is 29.5 Å². The van der Waals surface area contributed by atoms with Crippen LogP contribution >= 0.6 is 0 Å². The number of aryl methyl sites for hydroxylation is 1. The van der Waals surface area contributed by atoms with Gasteiger partial charge >= 0.3 is 0 Å². The number of hydrogen-bond acceptors (Lipinski definition) is 3. The number of nitrogens with one attached hydrogen (secondary N) is 1. The van der Waals surface area contributed by atoms with E-state index in [4.69, 9.17) is 5.73 Å². The number of piperidine rings is 1. The highest BCUT2D eigenvalue weighted by Gasteiger charge is 2.25. The van der Waals surface area contributed by atoms with Crippen molar-refractivity contribution in [3.63, 3.8) is 0 Å². The maximum atomic E-state index is 6.24. The highest BCUT2D eigenvalue weighted by molar-refractivity contribution is 5.48. The second-order valence-corrected chi connectivity index (χ2v) is 8.06. The maximum absolute atomic E-state index is 6.24. The van der Waals surface area contributed by atoms with Crippen molar-refractivity contribution in [2.45, 2.75) is 52.2 Å². The van der Waals surface area contributed by atoms with Gasteiger partial charge in [-0.05, 0) is 56.0 Å². The third-order valence-corrected chi connectivity index (χ3v) is 5.49. The van der Waals surface area contributed by atoms with Gasteiger partial charge in [0.15, 0.2) is 0 Å². The van der Waals surface area contributed by atoms with E-state index in [0.29, 0.717) is 18.0 Å². The van der Waals surface area contributed by atoms with Crippen LogP contribution in [0.4, 0.5) is 5.69 Å². The highest BCUT2D eigenvalue weighted by Crippen LogP contribution is 2.28. The largest absolute Gasteiger partial charge is 0.398 e. The first-order valence-corrected chi connectivity index (χ1v) is 9.91. The molecule has 3 nitrogen and oxygen atoms in total. The third-order valence-electron chi connectivity index (χ3n) is 5.49. The minimum atomic E-state index is 0.324. The molecule has 0 aliphatic carbocycles. The normalized spacial score (nSPS) is 17.5. The molecule has 0 bridgehead atoms. The van der Waals surface area contributed by atoms with Gasteiger partial charge in [0.25, 0.3) is 0 Å². The molecule has 3 rings (SSSR count). The highest BCUT2D eigenvalue weighted by atomic mass is 15.1. The molecule has 0 spiro atoms. The van der Waals surface area contributed by atoms with E-state index in [-0.39, 0.29) is 0 Å². The fourth-order valence-corrected chi connectivity index (χ4v) is 4.02. The fraction of sp³-hybridized carbons (Fsp3) is 0.478. The van der Waals surface area contributed by atoms with Crippen molar-refractivity contribution in [3.8, 4) is 0 Å². The summed E-state index contributed by atoms with van der Waals surface area (Å²) in [6.45, 7) is 10.1. The monoisotopic (exact) mass is 351 g/mol. The molecule has 1 aliphatic heterocycles. The predicted molar refractivity (Wildman–Crippen MR) is 111 cm³/mol. The SMILES string of the molecule is Cc1cccc(CN2CCC(NC(c3ccccc3N)C(C)C)CC2)c1. The Balaban J connectivity index is 1.56. The molecule has 140 valence electrons. The summed E-state index contributed by atoms with van der Waals surface area (Å²) >= 11 is 0. The Morgan fingerprint density at radius 3 is 2.46 bits per heavy atom. The van der Waals surface area contributed by atoms with Gasteiger partial charge in [0, 0.05) is 24.3 Å². The topological polar surface area (TPSA) is 41.3 Å². The van der Waals surface area contributed by atoms with Crippen molar-refractivity contribution < 1.29 is 0 Å². The van der Waals surface area contributed by atoms with Gasteiger partial charge in [0.2, 0.25) is 0 Å². The number of nitrogens with zero attached hydrogens (tertiary/aromatic N) is 1. The number of hydrogen-bond donors (Lipinski definition) is 2. The number of benzene rings is 2. The summed E-state index contributed by atoms with van der Waals surface area (Å²) in [5, 5.41) is 3.90. The number of para-hydroxylation sites is 1. The van der Waals surface area contributed by atoms with Gasteiger partial charge in [0.05, 0.1) is 0 Å². The van der Waals surface area contributed by atoms with Crippen molar-refractivity contribution >= 4 is 5.69 Å². The summed E-state index contributed by atoms with van der Waals surface area (Å²) in [4.78, 5) is 2.58. The van der Waals surface area contributed by atoms with Gasteiger partial charge in [-0.1, -0.05) is 61.9 Å². The lowest BCUT2D eigenvalue weighted by Gasteiger charge is -2.36. The Bertz CT molecular complexity index is 702. The summed E-state index contributed by atoms with van der Waals surface area (Å²) < 4.78 is 0. The third kappa shape index (κ3) is 4.87. The van der Waals surface area contributed by atoms with Crippen molar-refractivity contribution in [2.75, 3.05) is 18.8 Å². The molecule has 0 amide bonds. The molecule has 1 unspecified atom stereocenters.